The van der Waals surface area contributed by atoms with Crippen LogP contribution in [0.15, 0.2) is 11.6 Å². The lowest BCUT2D eigenvalue weighted by Gasteiger charge is -2.15. The summed E-state index contributed by atoms with van der Waals surface area (Å²) in [4.78, 5) is 0. The Morgan fingerprint density at radius 1 is 2.00 bits per heavy atom. The predicted octanol–water partition coefficient (Wildman–Crippen LogP) is 1.48. The van der Waals surface area contributed by atoms with Crippen LogP contribution in [0.2, 0.25) is 0 Å². The molecule has 0 saturated carbocycles. The molecule has 0 spiro atoms. The van der Waals surface area contributed by atoms with Gasteiger partial charge in [-0.25, -0.2) is 0 Å². The molecule has 1 rings (SSSR count). The topological polar surface area (TPSA) is 23.8 Å². The Labute approximate surface area is 43.3 Å². The molecular weight excluding hydrogens is 86.1 g/mol. The summed E-state index contributed by atoms with van der Waals surface area (Å²) >= 11 is 0. The molecule has 0 fully saturated rings. The molecule has 0 bridgehead atoms. The van der Waals surface area contributed by atoms with E-state index in [0.717, 1.165) is 12.0 Å². The molecule has 36 valence electrons. The quantitative estimate of drug-likeness (QED) is 0.445. The molecule has 0 N–H and O–H groups in total. The van der Waals surface area contributed by atoms with Gasteiger partial charge in [-0.2, -0.15) is 5.26 Å². The second-order valence-corrected chi connectivity index (χ2v) is 1.91. The van der Waals surface area contributed by atoms with E-state index < -0.39 is 0 Å². The fourth-order valence-electron chi connectivity index (χ4n) is 0.627. The number of allylic oxidation sites excluding steroid dienone is 2. The molecule has 7 heavy (non-hydrogen) atoms. The van der Waals surface area contributed by atoms with Crippen molar-refractivity contribution in [3.05, 3.63) is 11.6 Å². The third-order valence-electron chi connectivity index (χ3n) is 1.35. The van der Waals surface area contributed by atoms with Gasteiger partial charge in [-0.3, -0.25) is 0 Å². The molecule has 0 amide bonds. The van der Waals surface area contributed by atoms with E-state index in [1.165, 1.54) is 0 Å². The van der Waals surface area contributed by atoms with Gasteiger partial charge in [0.05, 0.1) is 6.07 Å². The molecule has 1 unspecified atom stereocenters. The lowest BCUT2D eigenvalue weighted by molar-refractivity contribution is 0.647. The number of hydrogen-bond donors (Lipinski definition) is 0. The highest BCUT2D eigenvalue weighted by atomic mass is 14.3. The van der Waals surface area contributed by atoms with Crippen molar-refractivity contribution >= 4 is 0 Å². The fraction of sp³-hybridized carbons (Fsp3) is 0.500. The minimum atomic E-state index is 0.546. The first-order valence-corrected chi connectivity index (χ1v) is 2.44. The molecular formula is C6H7N. The molecule has 1 heteroatoms. The summed E-state index contributed by atoms with van der Waals surface area (Å²) in [7, 11) is 0. The van der Waals surface area contributed by atoms with Crippen LogP contribution in [0.5, 0.6) is 0 Å². The van der Waals surface area contributed by atoms with Crippen LogP contribution in [0.3, 0.4) is 0 Å². The van der Waals surface area contributed by atoms with Crippen LogP contribution in [-0.2, 0) is 0 Å². The predicted molar refractivity (Wildman–Crippen MR) is 27.5 cm³/mol. The van der Waals surface area contributed by atoms with Gasteiger partial charge in [0.2, 0.25) is 0 Å². The van der Waals surface area contributed by atoms with Gasteiger partial charge in [-0.05, 0) is 12.3 Å². The summed E-state index contributed by atoms with van der Waals surface area (Å²) in [6, 6.07) is 2.11. The Morgan fingerprint density at radius 2 is 2.71 bits per heavy atom. The highest BCUT2D eigenvalue weighted by Gasteiger charge is 2.14. The molecule has 0 radical (unpaired) electrons. The molecule has 1 aliphatic carbocycles. The van der Waals surface area contributed by atoms with E-state index in [1.807, 2.05) is 6.08 Å². The standard InChI is InChI=1S/C6H7N/c1-5-2-3-6(5)4-7/h3,5H,2H2,1H3. The Bertz CT molecular complexity index is 139. The smallest absolute Gasteiger partial charge is 0.0946 e. The van der Waals surface area contributed by atoms with Crippen LogP contribution in [-0.4, -0.2) is 0 Å². The van der Waals surface area contributed by atoms with Gasteiger partial charge in [0.1, 0.15) is 0 Å². The minimum absolute atomic E-state index is 0.546. The maximum atomic E-state index is 8.24. The zero-order chi connectivity index (χ0) is 5.28. The normalized spacial score (nSPS) is 27.4. The van der Waals surface area contributed by atoms with Gasteiger partial charge in [-0.1, -0.05) is 13.0 Å². The largest absolute Gasteiger partial charge is 0.193 e. The van der Waals surface area contributed by atoms with Gasteiger partial charge in [0, 0.05) is 5.57 Å². The maximum absolute atomic E-state index is 8.24. The van der Waals surface area contributed by atoms with Crippen LogP contribution in [0, 0.1) is 17.2 Å². The van der Waals surface area contributed by atoms with E-state index in [1.54, 1.807) is 0 Å². The van der Waals surface area contributed by atoms with Crippen molar-refractivity contribution in [3.63, 3.8) is 0 Å². The lowest BCUT2D eigenvalue weighted by Crippen LogP contribution is -2.05. The summed E-state index contributed by atoms with van der Waals surface area (Å²) in [5.74, 6) is 0.546. The van der Waals surface area contributed by atoms with Gasteiger partial charge in [0.15, 0.2) is 0 Å². The van der Waals surface area contributed by atoms with Crippen molar-refractivity contribution in [2.75, 3.05) is 0 Å². The van der Waals surface area contributed by atoms with E-state index in [0.29, 0.717) is 5.92 Å². The second-order valence-electron chi connectivity index (χ2n) is 1.91. The minimum Gasteiger partial charge on any atom is -0.193 e. The maximum Gasteiger partial charge on any atom is 0.0946 e. The summed E-state index contributed by atoms with van der Waals surface area (Å²) in [6.07, 6.45) is 3.08. The molecule has 0 aromatic rings. The Hall–Kier alpha value is -0.770. The van der Waals surface area contributed by atoms with E-state index in [2.05, 4.69) is 13.0 Å². The van der Waals surface area contributed by atoms with Crippen molar-refractivity contribution in [1.29, 1.82) is 5.26 Å². The summed E-state index contributed by atoms with van der Waals surface area (Å²) < 4.78 is 0. The molecule has 1 aliphatic rings. The first-order valence-electron chi connectivity index (χ1n) is 2.44. The third-order valence-corrected chi connectivity index (χ3v) is 1.35. The molecule has 1 atom stereocenters. The SMILES string of the molecule is CC1CC=C1C#N. The molecule has 0 aliphatic heterocycles. The third kappa shape index (κ3) is 0.521. The summed E-state index contributed by atoms with van der Waals surface area (Å²) in [5, 5.41) is 8.24. The van der Waals surface area contributed by atoms with Crippen LogP contribution < -0.4 is 0 Å². The second kappa shape index (κ2) is 1.38. The van der Waals surface area contributed by atoms with Gasteiger partial charge in [0.25, 0.3) is 0 Å². The van der Waals surface area contributed by atoms with Gasteiger partial charge in [-0.15, -0.1) is 0 Å². The molecule has 1 nitrogen and oxygen atoms in total. The average Bonchev–Trinajstić information content (AvgIpc) is 1.65. The molecule has 0 aromatic heterocycles. The Kier molecular flexibility index (Phi) is 0.867. The Balaban J connectivity index is 2.62. The summed E-state index contributed by atoms with van der Waals surface area (Å²) in [6.45, 7) is 2.07. The lowest BCUT2D eigenvalue weighted by atomic mass is 9.88. The number of hydrogen-bond acceptors (Lipinski definition) is 1. The van der Waals surface area contributed by atoms with Crippen LogP contribution >= 0.6 is 0 Å². The van der Waals surface area contributed by atoms with E-state index >= 15 is 0 Å². The van der Waals surface area contributed by atoms with E-state index in [9.17, 15) is 0 Å². The van der Waals surface area contributed by atoms with Crippen molar-refractivity contribution in [1.82, 2.24) is 0 Å². The number of nitrogens with zero attached hydrogens (tertiary/aromatic N) is 1. The first-order chi connectivity index (χ1) is 3.34. The van der Waals surface area contributed by atoms with Crippen molar-refractivity contribution in [3.8, 4) is 6.07 Å². The molecule has 0 aromatic carbocycles. The Morgan fingerprint density at radius 3 is 2.71 bits per heavy atom. The zero-order valence-corrected chi connectivity index (χ0v) is 4.31. The van der Waals surface area contributed by atoms with Crippen LogP contribution in [0.4, 0.5) is 0 Å². The van der Waals surface area contributed by atoms with Crippen molar-refractivity contribution in [2.24, 2.45) is 5.92 Å². The van der Waals surface area contributed by atoms with E-state index in [-0.39, 0.29) is 0 Å². The van der Waals surface area contributed by atoms with Crippen LogP contribution in [0.25, 0.3) is 0 Å². The van der Waals surface area contributed by atoms with Crippen LogP contribution in [0.1, 0.15) is 13.3 Å². The van der Waals surface area contributed by atoms with Gasteiger partial charge < -0.3 is 0 Å². The zero-order valence-electron chi connectivity index (χ0n) is 4.31. The van der Waals surface area contributed by atoms with Crippen molar-refractivity contribution < 1.29 is 0 Å². The average molecular weight is 93.1 g/mol. The highest BCUT2D eigenvalue weighted by Crippen LogP contribution is 2.24. The number of nitriles is 1. The fourth-order valence-corrected chi connectivity index (χ4v) is 0.627. The van der Waals surface area contributed by atoms with Crippen molar-refractivity contribution in [2.45, 2.75) is 13.3 Å². The number of rotatable bonds is 0. The van der Waals surface area contributed by atoms with E-state index in [4.69, 9.17) is 5.26 Å². The monoisotopic (exact) mass is 93.1 g/mol. The molecule has 0 saturated heterocycles. The first kappa shape index (κ1) is 4.39. The van der Waals surface area contributed by atoms with Gasteiger partial charge >= 0.3 is 0 Å². The molecule has 0 heterocycles. The summed E-state index contributed by atoms with van der Waals surface area (Å²) in [5.41, 5.74) is 0.958. The highest BCUT2D eigenvalue weighted by molar-refractivity contribution is 5.30.